The second-order valence-corrected chi connectivity index (χ2v) is 6.43. The van der Waals surface area contributed by atoms with E-state index in [-0.39, 0.29) is 23.2 Å². The molecule has 0 radical (unpaired) electrons. The molecule has 0 fully saturated rings. The van der Waals surface area contributed by atoms with Gasteiger partial charge in [-0.15, -0.1) is 10.2 Å². The van der Waals surface area contributed by atoms with Gasteiger partial charge in [0.05, 0.1) is 16.7 Å². The summed E-state index contributed by atoms with van der Waals surface area (Å²) in [5.74, 6) is 0.594. The largest absolute Gasteiger partial charge is 0.328 e. The van der Waals surface area contributed by atoms with Gasteiger partial charge >= 0.3 is 6.01 Å². The molecule has 0 aliphatic heterocycles. The number of fused-ring (bicyclic) bond motifs is 3. The lowest BCUT2D eigenvalue weighted by Gasteiger charge is -2.07. The highest BCUT2D eigenvalue weighted by molar-refractivity contribution is 7.99. The predicted molar refractivity (Wildman–Crippen MR) is 94.1 cm³/mol. The van der Waals surface area contributed by atoms with Gasteiger partial charge in [-0.1, -0.05) is 29.1 Å². The van der Waals surface area contributed by atoms with Gasteiger partial charge in [-0.25, -0.2) is 0 Å². The molecule has 132 valence electrons. The number of nitrogens with zero attached hydrogens (tertiary/aromatic N) is 6. The van der Waals surface area contributed by atoms with Crippen LogP contribution in [0.5, 0.6) is 0 Å². The Morgan fingerprint density at radius 1 is 1.31 bits per heavy atom. The molecule has 0 unspecified atom stereocenters. The second-order valence-electron chi connectivity index (χ2n) is 5.48. The molecule has 0 bridgehead atoms. The van der Waals surface area contributed by atoms with Gasteiger partial charge in [-0.3, -0.25) is 23.9 Å². The van der Waals surface area contributed by atoms with Gasteiger partial charge in [0.2, 0.25) is 11.7 Å². The molecule has 0 saturated carbocycles. The molecule has 26 heavy (non-hydrogen) atoms. The number of rotatable bonds is 4. The van der Waals surface area contributed by atoms with Crippen LogP contribution in [0, 0.1) is 6.92 Å². The molecule has 3 heterocycles. The Morgan fingerprint density at radius 3 is 2.88 bits per heavy atom. The minimum Gasteiger partial charge on any atom is -0.315 e. The smallest absolute Gasteiger partial charge is 0.315 e. The Bertz CT molecular complexity index is 1190. The lowest BCUT2D eigenvalue weighted by molar-refractivity contribution is -0.114. The maximum atomic E-state index is 12.4. The second kappa shape index (κ2) is 6.26. The number of aryl methyl sites for hydroxylation is 2. The van der Waals surface area contributed by atoms with E-state index in [2.05, 4.69) is 25.7 Å². The molecule has 1 N–H and O–H groups in total. The fourth-order valence-corrected chi connectivity index (χ4v) is 3.28. The summed E-state index contributed by atoms with van der Waals surface area (Å²) in [6.07, 6.45) is 0. The summed E-state index contributed by atoms with van der Waals surface area (Å²) in [5, 5.41) is 15.4. The van der Waals surface area contributed by atoms with Crippen molar-refractivity contribution in [2.75, 3.05) is 11.1 Å². The fourth-order valence-electron chi connectivity index (χ4n) is 2.54. The van der Waals surface area contributed by atoms with E-state index in [0.29, 0.717) is 27.7 Å². The first-order valence-corrected chi connectivity index (χ1v) is 8.59. The maximum Gasteiger partial charge on any atom is 0.328 e. The van der Waals surface area contributed by atoms with E-state index >= 15 is 0 Å². The number of hydrogen-bond acceptors (Lipinski definition) is 8. The van der Waals surface area contributed by atoms with E-state index in [4.69, 9.17) is 4.52 Å². The van der Waals surface area contributed by atoms with Crippen LogP contribution < -0.4 is 10.9 Å². The van der Waals surface area contributed by atoms with Crippen LogP contribution in [0.15, 0.2) is 38.7 Å². The third kappa shape index (κ3) is 2.71. The molecule has 1 amide bonds. The molecule has 0 aliphatic rings. The summed E-state index contributed by atoms with van der Waals surface area (Å²) in [5.41, 5.74) is 0.535. The van der Waals surface area contributed by atoms with Crippen LogP contribution in [0.1, 0.15) is 5.82 Å². The van der Waals surface area contributed by atoms with Crippen molar-refractivity contribution < 1.29 is 9.32 Å². The summed E-state index contributed by atoms with van der Waals surface area (Å²) < 4.78 is 8.04. The van der Waals surface area contributed by atoms with Crippen LogP contribution in [0.2, 0.25) is 0 Å². The van der Waals surface area contributed by atoms with Crippen LogP contribution in [-0.4, -0.2) is 41.0 Å². The minimum atomic E-state index is -0.315. The molecular weight excluding hydrogens is 358 g/mol. The first-order chi connectivity index (χ1) is 12.5. The van der Waals surface area contributed by atoms with Gasteiger partial charge in [-0.2, -0.15) is 4.98 Å². The van der Waals surface area contributed by atoms with Gasteiger partial charge < -0.3 is 4.52 Å². The Morgan fingerprint density at radius 2 is 2.12 bits per heavy atom. The van der Waals surface area contributed by atoms with Crippen molar-refractivity contribution in [3.8, 4) is 0 Å². The number of para-hydroxylation sites is 1. The van der Waals surface area contributed by atoms with Crippen molar-refractivity contribution in [2.45, 2.75) is 12.1 Å². The highest BCUT2D eigenvalue weighted by Crippen LogP contribution is 2.21. The van der Waals surface area contributed by atoms with E-state index in [9.17, 15) is 9.59 Å². The monoisotopic (exact) mass is 371 g/mol. The molecule has 4 rings (SSSR count). The first kappa shape index (κ1) is 16.3. The number of thioether (sulfide) groups is 1. The molecule has 4 aromatic rings. The van der Waals surface area contributed by atoms with Gasteiger partial charge in [0.25, 0.3) is 5.56 Å². The highest BCUT2D eigenvalue weighted by Gasteiger charge is 2.16. The first-order valence-electron chi connectivity index (χ1n) is 7.60. The summed E-state index contributed by atoms with van der Waals surface area (Å²) in [7, 11) is 1.64. The fraction of sp³-hybridized carbons (Fsp3) is 0.200. The maximum absolute atomic E-state index is 12.4. The number of carbonyl (C=O) groups is 1. The number of nitrogens with one attached hydrogen (secondary N) is 1. The Kier molecular flexibility index (Phi) is 3.92. The summed E-state index contributed by atoms with van der Waals surface area (Å²) >= 11 is 1.19. The summed E-state index contributed by atoms with van der Waals surface area (Å²) in [6, 6.07) is 7.24. The van der Waals surface area contributed by atoms with Crippen molar-refractivity contribution >= 4 is 40.4 Å². The van der Waals surface area contributed by atoms with Gasteiger partial charge in [0.1, 0.15) is 0 Å². The summed E-state index contributed by atoms with van der Waals surface area (Å²) in [4.78, 5) is 28.4. The zero-order valence-corrected chi connectivity index (χ0v) is 14.6. The average molecular weight is 371 g/mol. The predicted octanol–water partition coefficient (Wildman–Crippen LogP) is 1.00. The molecule has 0 saturated heterocycles. The van der Waals surface area contributed by atoms with Crippen molar-refractivity contribution in [3.63, 3.8) is 0 Å². The van der Waals surface area contributed by atoms with E-state index in [1.54, 1.807) is 30.5 Å². The number of carbonyl (C=O) groups excluding carboxylic acids is 1. The van der Waals surface area contributed by atoms with Gasteiger partial charge in [0, 0.05) is 7.05 Å². The van der Waals surface area contributed by atoms with Crippen LogP contribution in [0.4, 0.5) is 6.01 Å². The number of amides is 1. The molecule has 10 nitrogen and oxygen atoms in total. The van der Waals surface area contributed by atoms with Gasteiger partial charge in [0.15, 0.2) is 11.0 Å². The van der Waals surface area contributed by atoms with Crippen molar-refractivity contribution in [2.24, 2.45) is 7.05 Å². The summed E-state index contributed by atoms with van der Waals surface area (Å²) in [6.45, 7) is 1.66. The molecule has 11 heteroatoms. The van der Waals surface area contributed by atoms with Crippen LogP contribution in [0.3, 0.4) is 0 Å². The van der Waals surface area contributed by atoms with Crippen LogP contribution >= 0.6 is 11.8 Å². The van der Waals surface area contributed by atoms with E-state index in [1.165, 1.54) is 16.3 Å². The van der Waals surface area contributed by atoms with E-state index in [0.717, 1.165) is 0 Å². The third-order valence-electron chi connectivity index (χ3n) is 3.70. The molecule has 0 atom stereocenters. The number of aromatic nitrogens is 6. The van der Waals surface area contributed by atoms with E-state index < -0.39 is 0 Å². The molecule has 0 spiro atoms. The van der Waals surface area contributed by atoms with Crippen molar-refractivity contribution in [1.82, 2.24) is 29.3 Å². The number of benzene rings is 1. The molecule has 3 aromatic heterocycles. The standard InChI is InChI=1S/C15H13N7O3S/c1-8-16-13(25-20-8)17-11(23)7-26-15-19-18-14-21(2)12(24)9-5-3-4-6-10(9)22(14)15/h3-6H,7H2,1-2H3,(H,16,17,20,23). The Labute approximate surface area is 150 Å². The van der Waals surface area contributed by atoms with Crippen LogP contribution in [0.25, 0.3) is 16.7 Å². The third-order valence-corrected chi connectivity index (χ3v) is 4.63. The Balaban J connectivity index is 1.65. The highest BCUT2D eigenvalue weighted by atomic mass is 32.2. The quantitative estimate of drug-likeness (QED) is 0.528. The Hall–Kier alpha value is -3.21. The molecule has 1 aromatic carbocycles. The topological polar surface area (TPSA) is 120 Å². The van der Waals surface area contributed by atoms with Crippen molar-refractivity contribution in [1.29, 1.82) is 0 Å². The van der Waals surface area contributed by atoms with Gasteiger partial charge in [-0.05, 0) is 19.1 Å². The zero-order chi connectivity index (χ0) is 18.3. The normalized spacial score (nSPS) is 11.3. The zero-order valence-electron chi connectivity index (χ0n) is 13.8. The number of hydrogen-bond donors (Lipinski definition) is 1. The SMILES string of the molecule is Cc1noc(NC(=O)CSc2nnc3n(C)c(=O)c4ccccc4n23)n1. The lowest BCUT2D eigenvalue weighted by Crippen LogP contribution is -2.20. The lowest BCUT2D eigenvalue weighted by atomic mass is 10.2. The average Bonchev–Trinajstić information content (AvgIpc) is 3.24. The number of anilines is 1. The molecule has 0 aliphatic carbocycles. The van der Waals surface area contributed by atoms with Crippen molar-refractivity contribution in [3.05, 3.63) is 40.4 Å². The minimum absolute atomic E-state index is 0.0482. The molecular formula is C15H13N7O3S. The van der Waals surface area contributed by atoms with Crippen LogP contribution in [-0.2, 0) is 11.8 Å². The van der Waals surface area contributed by atoms with E-state index in [1.807, 2.05) is 12.1 Å².